The van der Waals surface area contributed by atoms with Crippen molar-refractivity contribution >= 4 is 11.9 Å². The molecule has 1 aliphatic heterocycles. The van der Waals surface area contributed by atoms with Crippen LogP contribution in [0.2, 0.25) is 0 Å². The van der Waals surface area contributed by atoms with Crippen LogP contribution >= 0.6 is 0 Å². The number of hydrogen-bond acceptors (Lipinski definition) is 3. The van der Waals surface area contributed by atoms with Crippen LogP contribution < -0.4 is 11.1 Å². The van der Waals surface area contributed by atoms with E-state index in [1.54, 1.807) is 0 Å². The van der Waals surface area contributed by atoms with Crippen LogP contribution in [0.4, 0.5) is 4.79 Å². The molecule has 0 aromatic carbocycles. The molecule has 0 bridgehead atoms. The molecule has 5 nitrogen and oxygen atoms in total. The van der Waals surface area contributed by atoms with Crippen LogP contribution in [0, 0.1) is 0 Å². The molecule has 88 valence electrons. The number of carbonyl (C=O) groups excluding carboxylic acids is 2. The molecular weight excluding hydrogens is 206 g/mol. The highest BCUT2D eigenvalue weighted by Crippen LogP contribution is 2.42. The summed E-state index contributed by atoms with van der Waals surface area (Å²) in [7, 11) is 0. The molecule has 3 rings (SSSR count). The summed E-state index contributed by atoms with van der Waals surface area (Å²) in [4.78, 5) is 25.3. The Morgan fingerprint density at radius 1 is 1.31 bits per heavy atom. The predicted molar refractivity (Wildman–Crippen MR) is 57.6 cm³/mol. The number of nitrogens with one attached hydrogen (secondary N) is 1. The Balaban J connectivity index is 1.78. The molecule has 1 spiro atoms. The zero-order valence-electron chi connectivity index (χ0n) is 9.24. The third-order valence-corrected chi connectivity index (χ3v) is 4.00. The van der Waals surface area contributed by atoms with Gasteiger partial charge in [0.15, 0.2) is 0 Å². The SMILES string of the molecule is NC1CCCC(N2C(=O)NC3(CC3)C2=O)C1. The lowest BCUT2D eigenvalue weighted by Crippen LogP contribution is -2.46. The maximum absolute atomic E-state index is 12.1. The molecule has 3 aliphatic rings. The molecule has 0 radical (unpaired) electrons. The van der Waals surface area contributed by atoms with E-state index in [2.05, 4.69) is 5.32 Å². The number of carbonyl (C=O) groups is 2. The van der Waals surface area contributed by atoms with E-state index in [9.17, 15) is 9.59 Å². The van der Waals surface area contributed by atoms with Crippen LogP contribution in [0.5, 0.6) is 0 Å². The number of imide groups is 1. The van der Waals surface area contributed by atoms with Crippen LogP contribution in [0.25, 0.3) is 0 Å². The van der Waals surface area contributed by atoms with E-state index >= 15 is 0 Å². The minimum Gasteiger partial charge on any atom is -0.328 e. The summed E-state index contributed by atoms with van der Waals surface area (Å²) in [6.45, 7) is 0. The summed E-state index contributed by atoms with van der Waals surface area (Å²) in [6, 6.07) is -0.0482. The maximum atomic E-state index is 12.1. The van der Waals surface area contributed by atoms with Crippen molar-refractivity contribution in [1.82, 2.24) is 10.2 Å². The average Bonchev–Trinajstić information content (AvgIpc) is 2.94. The molecule has 2 atom stereocenters. The lowest BCUT2D eigenvalue weighted by Gasteiger charge is -2.31. The minimum atomic E-state index is -0.515. The standard InChI is InChI=1S/C11H17N3O2/c12-7-2-1-3-8(6-7)14-9(15)11(4-5-11)13-10(14)16/h7-8H,1-6,12H2,(H,13,16). The van der Waals surface area contributed by atoms with Crippen molar-refractivity contribution in [3.63, 3.8) is 0 Å². The van der Waals surface area contributed by atoms with Crippen LogP contribution in [0.1, 0.15) is 38.5 Å². The van der Waals surface area contributed by atoms with E-state index in [1.807, 2.05) is 0 Å². The number of amides is 3. The Hall–Kier alpha value is -1.10. The van der Waals surface area contributed by atoms with Gasteiger partial charge in [-0.1, -0.05) is 0 Å². The molecule has 2 saturated carbocycles. The fourth-order valence-corrected chi connectivity index (χ4v) is 2.87. The molecule has 2 unspecified atom stereocenters. The number of rotatable bonds is 1. The van der Waals surface area contributed by atoms with Gasteiger partial charge in [0, 0.05) is 12.1 Å². The van der Waals surface area contributed by atoms with Crippen molar-refractivity contribution in [1.29, 1.82) is 0 Å². The monoisotopic (exact) mass is 223 g/mol. The number of nitrogens with zero attached hydrogens (tertiary/aromatic N) is 1. The number of urea groups is 1. The van der Waals surface area contributed by atoms with Crippen molar-refractivity contribution in [2.45, 2.75) is 56.1 Å². The van der Waals surface area contributed by atoms with Crippen LogP contribution in [-0.4, -0.2) is 34.5 Å². The first-order valence-electron chi connectivity index (χ1n) is 6.04. The summed E-state index contributed by atoms with van der Waals surface area (Å²) in [6.07, 6.45) is 5.28. The number of nitrogens with two attached hydrogens (primary N) is 1. The first-order chi connectivity index (χ1) is 7.62. The Bertz CT molecular complexity index is 351. The summed E-state index contributed by atoms with van der Waals surface area (Å²) in [5.74, 6) is -0.0170. The maximum Gasteiger partial charge on any atom is 0.325 e. The summed E-state index contributed by atoms with van der Waals surface area (Å²) in [5, 5.41) is 2.81. The molecule has 2 aliphatic carbocycles. The fraction of sp³-hybridized carbons (Fsp3) is 0.818. The van der Waals surface area contributed by atoms with Crippen LogP contribution in [-0.2, 0) is 4.79 Å². The summed E-state index contributed by atoms with van der Waals surface area (Å²) >= 11 is 0. The van der Waals surface area contributed by atoms with Gasteiger partial charge in [0.05, 0.1) is 0 Å². The zero-order chi connectivity index (χ0) is 11.3. The zero-order valence-corrected chi connectivity index (χ0v) is 9.24. The van der Waals surface area contributed by atoms with Gasteiger partial charge in [0.25, 0.3) is 5.91 Å². The molecule has 1 heterocycles. The first kappa shape index (κ1) is 10.1. The second-order valence-corrected chi connectivity index (χ2v) is 5.27. The van der Waals surface area contributed by atoms with E-state index in [0.717, 1.165) is 38.5 Å². The predicted octanol–water partition coefficient (Wildman–Crippen LogP) is 0.341. The molecule has 16 heavy (non-hydrogen) atoms. The van der Waals surface area contributed by atoms with E-state index in [-0.39, 0.29) is 24.0 Å². The van der Waals surface area contributed by atoms with Gasteiger partial charge in [-0.3, -0.25) is 9.69 Å². The smallest absolute Gasteiger partial charge is 0.325 e. The van der Waals surface area contributed by atoms with Gasteiger partial charge in [0.1, 0.15) is 5.54 Å². The highest BCUT2D eigenvalue weighted by Gasteiger charge is 2.60. The molecule has 0 aromatic rings. The van der Waals surface area contributed by atoms with Crippen molar-refractivity contribution in [3.8, 4) is 0 Å². The molecule has 3 N–H and O–H groups in total. The average molecular weight is 223 g/mol. The molecule has 5 heteroatoms. The molecule has 1 saturated heterocycles. The molecular formula is C11H17N3O2. The van der Waals surface area contributed by atoms with E-state index in [4.69, 9.17) is 5.73 Å². The first-order valence-corrected chi connectivity index (χ1v) is 6.04. The van der Waals surface area contributed by atoms with Crippen molar-refractivity contribution in [3.05, 3.63) is 0 Å². The van der Waals surface area contributed by atoms with E-state index < -0.39 is 5.54 Å². The lowest BCUT2D eigenvalue weighted by molar-refractivity contribution is -0.130. The normalized spacial score (nSPS) is 36.7. The van der Waals surface area contributed by atoms with Crippen LogP contribution in [0.3, 0.4) is 0 Å². The fourth-order valence-electron chi connectivity index (χ4n) is 2.87. The lowest BCUT2D eigenvalue weighted by atomic mass is 9.90. The molecule has 0 aromatic heterocycles. The molecule has 3 fully saturated rings. The third-order valence-electron chi connectivity index (χ3n) is 4.00. The van der Waals surface area contributed by atoms with Crippen molar-refractivity contribution in [2.24, 2.45) is 5.73 Å². The van der Waals surface area contributed by atoms with Gasteiger partial charge >= 0.3 is 6.03 Å². The Morgan fingerprint density at radius 2 is 2.06 bits per heavy atom. The van der Waals surface area contributed by atoms with E-state index in [0.29, 0.717) is 0 Å². The van der Waals surface area contributed by atoms with Crippen molar-refractivity contribution < 1.29 is 9.59 Å². The minimum absolute atomic E-state index is 0.0170. The van der Waals surface area contributed by atoms with Crippen LogP contribution in [0.15, 0.2) is 0 Å². The van der Waals surface area contributed by atoms with Gasteiger partial charge < -0.3 is 11.1 Å². The summed E-state index contributed by atoms with van der Waals surface area (Å²) < 4.78 is 0. The largest absolute Gasteiger partial charge is 0.328 e. The second-order valence-electron chi connectivity index (χ2n) is 5.27. The quantitative estimate of drug-likeness (QED) is 0.629. The topological polar surface area (TPSA) is 75.4 Å². The van der Waals surface area contributed by atoms with Gasteiger partial charge in [-0.15, -0.1) is 0 Å². The van der Waals surface area contributed by atoms with E-state index in [1.165, 1.54) is 4.90 Å². The Kier molecular flexibility index (Phi) is 2.01. The number of hydrogen-bond donors (Lipinski definition) is 2. The molecule has 3 amide bonds. The Morgan fingerprint density at radius 3 is 2.62 bits per heavy atom. The second kappa shape index (κ2) is 3.20. The Labute approximate surface area is 94.3 Å². The van der Waals surface area contributed by atoms with Gasteiger partial charge in [-0.2, -0.15) is 0 Å². The van der Waals surface area contributed by atoms with Gasteiger partial charge in [0.2, 0.25) is 0 Å². The third kappa shape index (κ3) is 1.34. The highest BCUT2D eigenvalue weighted by atomic mass is 16.2. The summed E-state index contributed by atoms with van der Waals surface area (Å²) in [5.41, 5.74) is 5.38. The highest BCUT2D eigenvalue weighted by molar-refractivity contribution is 6.09. The van der Waals surface area contributed by atoms with Gasteiger partial charge in [-0.25, -0.2) is 4.79 Å². The van der Waals surface area contributed by atoms with Crippen molar-refractivity contribution in [2.75, 3.05) is 0 Å². The van der Waals surface area contributed by atoms with Gasteiger partial charge in [-0.05, 0) is 38.5 Å².